The van der Waals surface area contributed by atoms with Crippen LogP contribution in [0.25, 0.3) is 0 Å². The fourth-order valence-electron chi connectivity index (χ4n) is 9.07. The Labute approximate surface area is 631 Å². The Morgan fingerprint density at radius 3 is 1.30 bits per heavy atom. The van der Waals surface area contributed by atoms with Gasteiger partial charge >= 0.3 is 36.2 Å². The van der Waals surface area contributed by atoms with Gasteiger partial charge in [-0.1, -0.05) is 217 Å². The third kappa shape index (κ3) is 45.0. The molecule has 0 radical (unpaired) electrons. The number of methoxy groups -OCH3 is 1. The number of aliphatic carboxylic acids is 2. The van der Waals surface area contributed by atoms with Gasteiger partial charge in [0.2, 0.25) is 17.1 Å². The predicted octanol–water partition coefficient (Wildman–Crippen LogP) is 13.7. The Bertz CT molecular complexity index is 3130. The lowest BCUT2D eigenvalue weighted by molar-refractivity contribution is -0.282. The summed E-state index contributed by atoms with van der Waals surface area (Å²) in [7, 11) is 5.57. The number of carbonyl (C=O) groups is 9. The summed E-state index contributed by atoms with van der Waals surface area (Å²) in [5.41, 5.74) is 5.74. The molecule has 105 heavy (non-hydrogen) atoms. The Kier molecular flexibility index (Phi) is 56.2. The van der Waals surface area contributed by atoms with E-state index < -0.39 is 30.0 Å². The molecule has 5 aromatic rings. The van der Waals surface area contributed by atoms with Gasteiger partial charge in [0, 0.05) is 37.9 Å². The van der Waals surface area contributed by atoms with Crippen molar-refractivity contribution in [3.8, 4) is 0 Å². The molecule has 5 aromatic carbocycles. The number of ether oxygens (including phenoxy) is 6. The molecule has 26 nitrogen and oxygen atoms in total. The van der Waals surface area contributed by atoms with Gasteiger partial charge in [-0.05, 0) is 84.4 Å². The topological polar surface area (TPSA) is 323 Å². The second kappa shape index (κ2) is 61.0. The first-order valence-corrected chi connectivity index (χ1v) is 35.5. The molecule has 3 fully saturated rings. The van der Waals surface area contributed by atoms with Gasteiger partial charge < -0.3 is 44.0 Å². The number of hydrogen-bond donors (Lipinski definition) is 3. The molecule has 0 saturated carbocycles. The molecule has 6 unspecified atom stereocenters. The number of nitrogens with zero attached hydrogens (tertiary/aromatic N) is 2. The lowest BCUT2D eigenvalue weighted by Crippen LogP contribution is -2.43. The maximum absolute atomic E-state index is 12.5. The summed E-state index contributed by atoms with van der Waals surface area (Å²) in [6.45, 7) is 15.1. The van der Waals surface area contributed by atoms with Crippen molar-refractivity contribution in [2.24, 2.45) is 23.7 Å². The number of nitrogens with one attached hydrogen (secondary N) is 1. The molecule has 3 N–H and O–H groups in total. The van der Waals surface area contributed by atoms with Crippen molar-refractivity contribution in [2.75, 3.05) is 86.6 Å². The Morgan fingerprint density at radius 2 is 0.943 bits per heavy atom. The van der Waals surface area contributed by atoms with Gasteiger partial charge in [-0.25, -0.2) is 53.5 Å². The van der Waals surface area contributed by atoms with E-state index in [0.29, 0.717) is 84.6 Å². The number of benzene rings is 5. The van der Waals surface area contributed by atoms with Crippen molar-refractivity contribution < 1.29 is 111 Å². The lowest BCUT2D eigenvalue weighted by Gasteiger charge is -2.22. The van der Waals surface area contributed by atoms with E-state index in [4.69, 9.17) is 55.3 Å². The molecule has 7 atom stereocenters. The van der Waals surface area contributed by atoms with Gasteiger partial charge in [0.05, 0.1) is 91.4 Å². The van der Waals surface area contributed by atoms with Crippen molar-refractivity contribution in [3.05, 3.63) is 179 Å². The Morgan fingerprint density at radius 1 is 0.533 bits per heavy atom. The van der Waals surface area contributed by atoms with E-state index in [1.54, 1.807) is 34.6 Å². The number of carboxylic acid groups (broad SMARTS) is 2. The van der Waals surface area contributed by atoms with Gasteiger partial charge in [0.15, 0.2) is 0 Å². The van der Waals surface area contributed by atoms with Crippen molar-refractivity contribution >= 4 is 80.8 Å². The first-order valence-electron chi connectivity index (χ1n) is 34.0. The highest BCUT2D eigenvalue weighted by Gasteiger charge is 2.40. The number of imide groups is 2. The van der Waals surface area contributed by atoms with Gasteiger partial charge in [-0.15, -0.1) is 0 Å². The quantitative estimate of drug-likeness (QED) is 0.00668. The molecule has 0 aliphatic carbocycles. The molecule has 28 heteroatoms. The van der Waals surface area contributed by atoms with Crippen molar-refractivity contribution in [1.29, 1.82) is 0 Å². The van der Waals surface area contributed by atoms with Gasteiger partial charge in [0.25, 0.3) is 0 Å². The number of carboxylic acids is 2. The first kappa shape index (κ1) is 96.8. The highest BCUT2D eigenvalue weighted by molar-refractivity contribution is 9.09. The van der Waals surface area contributed by atoms with Crippen LogP contribution in [0.3, 0.4) is 0 Å². The largest absolute Gasteiger partial charge is 0.481 e. The highest BCUT2D eigenvalue weighted by Crippen LogP contribution is 2.23. The Hall–Kier alpha value is -8.22. The highest BCUT2D eigenvalue weighted by atomic mass is 79.9. The molecule has 3 heterocycles. The van der Waals surface area contributed by atoms with Gasteiger partial charge in [0.1, 0.15) is 25.2 Å². The summed E-state index contributed by atoms with van der Waals surface area (Å²) in [5, 5.41) is 20.2. The SMILES string of the molecule is C.CCC(=O)Cl.CCC(=O)N1C(=O)OCC1Cc1ccccc1.CCCOCc1ccccc1.COC(=O)CBr.COOCCC(C)C(=O)N1C(=O)OCC1Cc1ccccc1.COOCCC(C)C(=O)O.COOC[C@H](CCOCc1ccccc1)C(C)C(=O)O.O=C1NC(Cc2ccccc2)CO1. The van der Waals surface area contributed by atoms with Crippen LogP contribution >= 0.6 is 27.5 Å². The molecule has 0 bridgehead atoms. The van der Waals surface area contributed by atoms with Crippen LogP contribution in [0.15, 0.2) is 152 Å². The zero-order chi connectivity index (χ0) is 77.3. The molecule has 0 aromatic heterocycles. The van der Waals surface area contributed by atoms with E-state index >= 15 is 0 Å². The van der Waals surface area contributed by atoms with Crippen LogP contribution in [0.4, 0.5) is 14.4 Å². The third-order valence-corrected chi connectivity index (χ3v) is 15.8. The second-order valence-corrected chi connectivity index (χ2v) is 24.1. The molecular weight excluding hydrogens is 1450 g/mol. The predicted molar refractivity (Wildman–Crippen MR) is 398 cm³/mol. The second-order valence-electron chi connectivity index (χ2n) is 23.1. The number of alkyl carbamates (subject to hydrolysis) is 1. The van der Waals surface area contributed by atoms with Gasteiger partial charge in [-0.2, -0.15) is 0 Å². The normalized spacial score (nSPS) is 15.4. The van der Waals surface area contributed by atoms with E-state index in [0.717, 1.165) is 42.7 Å². The van der Waals surface area contributed by atoms with E-state index in [2.05, 4.69) is 64.6 Å². The fraction of sp³-hybridized carbons (Fsp3) is 0.494. The number of carbonyl (C=O) groups excluding carboxylic acids is 7. The van der Waals surface area contributed by atoms with Crippen LogP contribution < -0.4 is 5.32 Å². The summed E-state index contributed by atoms with van der Waals surface area (Å²) in [6, 6.07) is 49.4. The number of rotatable bonds is 33. The number of cyclic esters (lactones) is 3. The third-order valence-electron chi connectivity index (χ3n) is 15.1. The van der Waals surface area contributed by atoms with E-state index in [-0.39, 0.29) is 91.0 Å². The zero-order valence-electron chi connectivity index (χ0n) is 61.2. The minimum atomic E-state index is -0.835. The van der Waals surface area contributed by atoms with Crippen molar-refractivity contribution in [1.82, 2.24) is 15.1 Å². The molecular formula is C77H109BrClN3O23. The maximum atomic E-state index is 12.5. The van der Waals surface area contributed by atoms with E-state index in [1.165, 1.54) is 49.4 Å². The van der Waals surface area contributed by atoms with Crippen molar-refractivity contribution in [2.45, 2.75) is 138 Å². The van der Waals surface area contributed by atoms with E-state index in [9.17, 15) is 43.2 Å². The first-order chi connectivity index (χ1) is 50.0. The minimum Gasteiger partial charge on any atom is -0.481 e. The average molecular weight is 1560 g/mol. The number of halogens is 2. The summed E-state index contributed by atoms with van der Waals surface area (Å²) in [4.78, 5) is 129. The number of hydrogen-bond acceptors (Lipinski definition) is 21. The summed E-state index contributed by atoms with van der Waals surface area (Å²) in [5.74, 6) is -3.62. The molecule has 8 rings (SSSR count). The molecule has 584 valence electrons. The van der Waals surface area contributed by atoms with Crippen LogP contribution in [0.5, 0.6) is 0 Å². The fourth-order valence-corrected chi connectivity index (χ4v) is 9.30. The molecule has 3 saturated heterocycles. The standard InChI is InChI=1S/C16H21NO5.C15H22O5.C13H15NO3.C10H11NO2.C10H14O.C6H12O4.C3H5BrO2.C3H5ClO.CH4/c1-12(8-9-22-20-2)15(18)17-14(11-21-16(17)19)10-13-6-4-3-5-7-13;1-12(15(16)17)14(11-20-18-2)8-9-19-10-13-6-4-3-5-7-13;1-2-12(15)14-11(9-17-13(14)16)8-10-6-4-3-5-7-10;12-10-11-9(7-13-10)6-8-4-2-1-3-5-8;1-2-8-11-9-10-6-4-3-5-7-10;1-5(6(7)8)3-4-10-9-2;1-6-3(5)2-4;1-2-3(4)5;/h3-7,12,14H,8-11H2,1-2H3;3-7,12,14H,8-11H2,1-2H3,(H,16,17);3-7,11H,2,8-9H2,1H3;1-5,9H,6-7H2,(H,11,12);3-7H,2,8-9H2,1H3;5H,3-4H2,1-2H3,(H,7,8);2H2,1H3;2H2,1H3;1H4/t;12?,14-;;;;;;;/m.0......./s1. The maximum Gasteiger partial charge on any atom is 0.416 e. The monoisotopic (exact) mass is 1560 g/mol. The molecule has 3 aliphatic heterocycles. The van der Waals surface area contributed by atoms with Crippen LogP contribution in [0.1, 0.15) is 115 Å². The molecule has 5 amide bonds. The smallest absolute Gasteiger partial charge is 0.416 e. The molecule has 3 aliphatic rings. The average Bonchev–Trinajstić information content (AvgIpc) is 1.70. The number of amides is 5. The summed E-state index contributed by atoms with van der Waals surface area (Å²) >= 11 is 7.72. The van der Waals surface area contributed by atoms with Crippen LogP contribution in [-0.4, -0.2) is 178 Å². The molecule has 0 spiro atoms. The number of alkyl halides is 1. The van der Waals surface area contributed by atoms with Gasteiger partial charge in [-0.3, -0.25) is 28.8 Å². The van der Waals surface area contributed by atoms with E-state index in [1.807, 2.05) is 140 Å². The zero-order valence-corrected chi connectivity index (χ0v) is 63.6. The van der Waals surface area contributed by atoms with Crippen LogP contribution in [0.2, 0.25) is 0 Å². The van der Waals surface area contributed by atoms with Crippen LogP contribution in [0, 0.1) is 23.7 Å². The number of esters is 1. The summed E-state index contributed by atoms with van der Waals surface area (Å²) < 4.78 is 29.9. The lowest BCUT2D eigenvalue weighted by atomic mass is 9.92. The summed E-state index contributed by atoms with van der Waals surface area (Å²) in [6.07, 6.45) is 4.12. The van der Waals surface area contributed by atoms with Crippen molar-refractivity contribution in [3.63, 3.8) is 0 Å². The minimum absolute atomic E-state index is 0. The Balaban J connectivity index is 0.00000122. The van der Waals surface area contributed by atoms with Crippen LogP contribution in [-0.2, 0) is 119 Å².